The lowest BCUT2D eigenvalue weighted by atomic mass is 10.1. The summed E-state index contributed by atoms with van der Waals surface area (Å²) in [6.07, 6.45) is 3.32. The fourth-order valence-electron chi connectivity index (χ4n) is 1.51. The van der Waals surface area contributed by atoms with E-state index in [2.05, 4.69) is 25.8 Å². The summed E-state index contributed by atoms with van der Waals surface area (Å²) in [6.45, 7) is 6.60. The molecule has 0 aliphatic carbocycles. The van der Waals surface area contributed by atoms with E-state index in [4.69, 9.17) is 4.74 Å². The third-order valence-corrected chi connectivity index (χ3v) is 2.13. The lowest BCUT2D eigenvalue weighted by Gasteiger charge is -2.30. The van der Waals surface area contributed by atoms with Crippen LogP contribution in [0.5, 0.6) is 0 Å². The summed E-state index contributed by atoms with van der Waals surface area (Å²) in [5, 5.41) is 0. The van der Waals surface area contributed by atoms with Crippen LogP contribution < -0.4 is 0 Å². The van der Waals surface area contributed by atoms with Crippen molar-refractivity contribution in [3.05, 3.63) is 0 Å². The van der Waals surface area contributed by atoms with Crippen LogP contribution in [0, 0.1) is 0 Å². The predicted molar refractivity (Wildman–Crippen MR) is 53.5 cm³/mol. The van der Waals surface area contributed by atoms with Crippen LogP contribution in [-0.4, -0.2) is 37.2 Å². The van der Waals surface area contributed by atoms with E-state index in [0.29, 0.717) is 12.2 Å². The van der Waals surface area contributed by atoms with Crippen LogP contribution >= 0.6 is 0 Å². The summed E-state index contributed by atoms with van der Waals surface area (Å²) in [5.74, 6) is 0. The second kappa shape index (κ2) is 5.55. The molecule has 0 bridgehead atoms. The van der Waals surface area contributed by atoms with Gasteiger partial charge in [-0.05, 0) is 33.7 Å². The Balaban J connectivity index is 0.00000121. The molecule has 0 atom stereocenters. The van der Waals surface area contributed by atoms with Crippen LogP contribution in [0.4, 0.5) is 0 Å². The Labute approximate surface area is 76.9 Å². The van der Waals surface area contributed by atoms with E-state index in [1.165, 1.54) is 25.9 Å². The van der Waals surface area contributed by atoms with E-state index in [-0.39, 0.29) is 7.43 Å². The molecule has 1 aliphatic rings. The van der Waals surface area contributed by atoms with Crippen molar-refractivity contribution in [1.82, 2.24) is 4.90 Å². The maximum absolute atomic E-state index is 5.71. The molecule has 0 aromatic rings. The molecule has 2 heteroatoms. The molecule has 1 rings (SSSR count). The predicted octanol–water partition coefficient (Wildman–Crippen LogP) is 2.14. The number of hydrogen-bond acceptors (Lipinski definition) is 2. The number of likely N-dealkylation sites (tertiary alicyclic amines) is 1. The van der Waals surface area contributed by atoms with Gasteiger partial charge in [-0.2, -0.15) is 0 Å². The highest BCUT2D eigenvalue weighted by Crippen LogP contribution is 2.13. The first kappa shape index (κ1) is 11.9. The van der Waals surface area contributed by atoms with Crippen LogP contribution in [0.2, 0.25) is 0 Å². The second-order valence-corrected chi connectivity index (χ2v) is 3.69. The van der Waals surface area contributed by atoms with E-state index in [9.17, 15) is 0 Å². The lowest BCUT2D eigenvalue weighted by molar-refractivity contribution is -0.0232. The molecule has 2 nitrogen and oxygen atoms in total. The van der Waals surface area contributed by atoms with Crippen molar-refractivity contribution < 1.29 is 4.74 Å². The molecule has 74 valence electrons. The topological polar surface area (TPSA) is 12.5 Å². The third-order valence-electron chi connectivity index (χ3n) is 2.13. The Hall–Kier alpha value is -0.0800. The second-order valence-electron chi connectivity index (χ2n) is 3.69. The van der Waals surface area contributed by atoms with Gasteiger partial charge in [-0.3, -0.25) is 0 Å². The van der Waals surface area contributed by atoms with E-state index in [1.54, 1.807) is 0 Å². The van der Waals surface area contributed by atoms with Crippen LogP contribution in [0.3, 0.4) is 0 Å². The van der Waals surface area contributed by atoms with Gasteiger partial charge in [-0.15, -0.1) is 0 Å². The number of piperidine rings is 1. The van der Waals surface area contributed by atoms with Gasteiger partial charge >= 0.3 is 0 Å². The van der Waals surface area contributed by atoms with Gasteiger partial charge in [0.25, 0.3) is 0 Å². The third kappa shape index (κ3) is 4.07. The molecule has 0 spiro atoms. The first-order valence-electron chi connectivity index (χ1n) is 4.52. The van der Waals surface area contributed by atoms with E-state index in [0.717, 1.165) is 0 Å². The van der Waals surface area contributed by atoms with E-state index >= 15 is 0 Å². The first-order valence-corrected chi connectivity index (χ1v) is 4.52. The molecule has 12 heavy (non-hydrogen) atoms. The van der Waals surface area contributed by atoms with Crippen molar-refractivity contribution in [3.8, 4) is 0 Å². The van der Waals surface area contributed by atoms with Gasteiger partial charge in [0.05, 0.1) is 12.2 Å². The fraction of sp³-hybridized carbons (Fsp3) is 1.00. The highest BCUT2D eigenvalue weighted by atomic mass is 16.5. The van der Waals surface area contributed by atoms with Gasteiger partial charge in [-0.25, -0.2) is 0 Å². The van der Waals surface area contributed by atoms with Gasteiger partial charge in [0.2, 0.25) is 0 Å². The first-order chi connectivity index (χ1) is 5.18. The molecule has 0 aromatic heterocycles. The largest absolute Gasteiger partial charge is 0.375 e. The summed E-state index contributed by atoms with van der Waals surface area (Å²) in [7, 11) is 2.17. The maximum atomic E-state index is 5.71. The van der Waals surface area contributed by atoms with Crippen LogP contribution in [-0.2, 0) is 4.74 Å². The number of nitrogens with zero attached hydrogens (tertiary/aromatic N) is 1. The Morgan fingerprint density at radius 1 is 1.25 bits per heavy atom. The maximum Gasteiger partial charge on any atom is 0.0603 e. The molecule has 0 amide bonds. The molecule has 1 fully saturated rings. The molecular weight excluding hydrogens is 150 g/mol. The van der Waals surface area contributed by atoms with Gasteiger partial charge < -0.3 is 9.64 Å². The van der Waals surface area contributed by atoms with Gasteiger partial charge in [0.1, 0.15) is 0 Å². The summed E-state index contributed by atoms with van der Waals surface area (Å²) in [6, 6.07) is 0. The molecule has 1 heterocycles. The van der Waals surface area contributed by atoms with E-state index < -0.39 is 0 Å². The van der Waals surface area contributed by atoms with Gasteiger partial charge in [0, 0.05) is 13.1 Å². The van der Waals surface area contributed by atoms with Crippen LogP contribution in [0.25, 0.3) is 0 Å². The minimum Gasteiger partial charge on any atom is -0.375 e. The Morgan fingerprint density at radius 3 is 2.17 bits per heavy atom. The monoisotopic (exact) mass is 173 g/mol. The summed E-state index contributed by atoms with van der Waals surface area (Å²) in [5.41, 5.74) is 0. The molecule has 0 saturated carbocycles. The zero-order valence-corrected chi connectivity index (χ0v) is 7.84. The van der Waals surface area contributed by atoms with Gasteiger partial charge in [0.15, 0.2) is 0 Å². The van der Waals surface area contributed by atoms with Crippen molar-refractivity contribution in [3.63, 3.8) is 0 Å². The molecule has 0 unspecified atom stereocenters. The molecule has 1 aliphatic heterocycles. The summed E-state index contributed by atoms with van der Waals surface area (Å²) in [4.78, 5) is 2.36. The average molecular weight is 173 g/mol. The normalized spacial score (nSPS) is 21.0. The lowest BCUT2D eigenvalue weighted by Crippen LogP contribution is -2.35. The van der Waals surface area contributed by atoms with Crippen molar-refractivity contribution >= 4 is 0 Å². The highest BCUT2D eigenvalue weighted by molar-refractivity contribution is 4.70. The van der Waals surface area contributed by atoms with Crippen molar-refractivity contribution in [2.45, 2.75) is 46.3 Å². The number of rotatable bonds is 2. The molecule has 1 saturated heterocycles. The Kier molecular flexibility index (Phi) is 5.51. The highest BCUT2D eigenvalue weighted by Gasteiger charge is 2.17. The molecule has 0 aromatic carbocycles. The molecule has 0 N–H and O–H groups in total. The number of ether oxygens (including phenoxy) is 1. The van der Waals surface area contributed by atoms with Crippen molar-refractivity contribution in [2.24, 2.45) is 0 Å². The van der Waals surface area contributed by atoms with Gasteiger partial charge in [-0.1, -0.05) is 7.43 Å². The minimum atomic E-state index is 0. The van der Waals surface area contributed by atoms with Crippen molar-refractivity contribution in [2.75, 3.05) is 20.1 Å². The standard InChI is InChI=1S/C9H19NO.CH4/c1-8(2)11-9-4-6-10(3)7-5-9;/h8-9H,4-7H2,1-3H3;1H4. The fourth-order valence-corrected chi connectivity index (χ4v) is 1.51. The Bertz CT molecular complexity index is 106. The SMILES string of the molecule is C.CC(C)OC1CCN(C)CC1. The quantitative estimate of drug-likeness (QED) is 0.634. The van der Waals surface area contributed by atoms with E-state index in [1.807, 2.05) is 0 Å². The minimum absolute atomic E-state index is 0. The van der Waals surface area contributed by atoms with Crippen LogP contribution in [0.1, 0.15) is 34.1 Å². The Morgan fingerprint density at radius 2 is 1.75 bits per heavy atom. The average Bonchev–Trinajstić information content (AvgIpc) is 1.93. The summed E-state index contributed by atoms with van der Waals surface area (Å²) >= 11 is 0. The van der Waals surface area contributed by atoms with Crippen molar-refractivity contribution in [1.29, 1.82) is 0 Å². The smallest absolute Gasteiger partial charge is 0.0603 e. The summed E-state index contributed by atoms with van der Waals surface area (Å²) < 4.78 is 5.71. The van der Waals surface area contributed by atoms with Crippen LogP contribution in [0.15, 0.2) is 0 Å². The zero-order chi connectivity index (χ0) is 8.27. The number of hydrogen-bond donors (Lipinski definition) is 0. The molecule has 0 radical (unpaired) electrons. The zero-order valence-electron chi connectivity index (χ0n) is 7.84. The molecular formula is C10H23NO.